The molecule has 1 unspecified atom stereocenters. The SMILES string of the molecule is CC1(C)C2C[C@H](O)C3=C(C(=O)C[C@]4(C)[C@@H]([C@@]5(C)CCC(=O)O5)CC(=O)[C@@]34C)[C@@]2(C)CC[C@@H]1O. The predicted molar refractivity (Wildman–Crippen MR) is 121 cm³/mol. The van der Waals surface area contributed by atoms with Crippen LogP contribution in [0.15, 0.2) is 11.1 Å². The van der Waals surface area contributed by atoms with Gasteiger partial charge in [-0.25, -0.2) is 0 Å². The average molecular weight is 459 g/mol. The third kappa shape index (κ3) is 2.60. The van der Waals surface area contributed by atoms with Crippen LogP contribution in [-0.4, -0.2) is 45.6 Å². The van der Waals surface area contributed by atoms with E-state index < -0.39 is 39.5 Å². The van der Waals surface area contributed by atoms with Crippen LogP contribution >= 0.6 is 0 Å². The van der Waals surface area contributed by atoms with E-state index in [4.69, 9.17) is 4.74 Å². The van der Waals surface area contributed by atoms with Crippen molar-refractivity contribution in [2.75, 3.05) is 0 Å². The Kier molecular flexibility index (Phi) is 4.62. The molecule has 0 radical (unpaired) electrons. The van der Waals surface area contributed by atoms with Crippen molar-refractivity contribution in [3.8, 4) is 0 Å². The average Bonchev–Trinajstić information content (AvgIpc) is 3.16. The highest BCUT2D eigenvalue weighted by atomic mass is 16.6. The smallest absolute Gasteiger partial charge is 0.306 e. The largest absolute Gasteiger partial charge is 0.459 e. The minimum Gasteiger partial charge on any atom is -0.459 e. The first kappa shape index (κ1) is 23.2. The van der Waals surface area contributed by atoms with Gasteiger partial charge in [0.15, 0.2) is 5.78 Å². The van der Waals surface area contributed by atoms with Crippen LogP contribution in [0, 0.1) is 33.5 Å². The fourth-order valence-electron chi connectivity index (χ4n) is 9.08. The molecule has 1 heterocycles. The highest BCUT2D eigenvalue weighted by Gasteiger charge is 2.72. The summed E-state index contributed by atoms with van der Waals surface area (Å²) in [5.74, 6) is -0.527. The van der Waals surface area contributed by atoms with Crippen molar-refractivity contribution in [3.63, 3.8) is 0 Å². The molecule has 33 heavy (non-hydrogen) atoms. The van der Waals surface area contributed by atoms with Crippen LogP contribution < -0.4 is 0 Å². The fraction of sp³-hybridized carbons (Fsp3) is 0.815. The van der Waals surface area contributed by atoms with E-state index in [1.54, 1.807) is 0 Å². The maximum atomic E-state index is 14.0. The number of hydrogen-bond acceptors (Lipinski definition) is 6. The van der Waals surface area contributed by atoms with Gasteiger partial charge in [0.25, 0.3) is 0 Å². The van der Waals surface area contributed by atoms with Crippen LogP contribution in [0.25, 0.3) is 0 Å². The third-order valence-electron chi connectivity index (χ3n) is 11.2. The number of aliphatic hydroxyl groups excluding tert-OH is 2. The summed E-state index contributed by atoms with van der Waals surface area (Å²) in [4.78, 5) is 39.9. The summed E-state index contributed by atoms with van der Waals surface area (Å²) in [7, 11) is 0. The maximum Gasteiger partial charge on any atom is 0.306 e. The molecule has 1 saturated heterocycles. The van der Waals surface area contributed by atoms with Crippen molar-refractivity contribution in [3.05, 3.63) is 11.1 Å². The van der Waals surface area contributed by atoms with E-state index in [9.17, 15) is 24.6 Å². The van der Waals surface area contributed by atoms with Gasteiger partial charge in [-0.1, -0.05) is 27.7 Å². The predicted octanol–water partition coefficient (Wildman–Crippen LogP) is 3.52. The molecule has 1 aliphatic heterocycles. The molecule has 0 aromatic heterocycles. The Morgan fingerprint density at radius 2 is 1.61 bits per heavy atom. The fourth-order valence-corrected chi connectivity index (χ4v) is 9.08. The molecule has 0 amide bonds. The Hall–Kier alpha value is -1.53. The van der Waals surface area contributed by atoms with E-state index in [0.29, 0.717) is 43.3 Å². The minimum atomic E-state index is -0.980. The van der Waals surface area contributed by atoms with Crippen molar-refractivity contribution in [1.29, 1.82) is 0 Å². The van der Waals surface area contributed by atoms with Gasteiger partial charge in [-0.3, -0.25) is 14.4 Å². The molecule has 5 aliphatic rings. The second-order valence-corrected chi connectivity index (χ2v) is 13.0. The van der Waals surface area contributed by atoms with Crippen LogP contribution in [-0.2, 0) is 19.1 Å². The summed E-state index contributed by atoms with van der Waals surface area (Å²) in [5.41, 5.74) is -2.15. The van der Waals surface area contributed by atoms with Crippen molar-refractivity contribution in [2.45, 2.75) is 104 Å². The molecule has 8 atom stereocenters. The zero-order valence-corrected chi connectivity index (χ0v) is 20.8. The Labute approximate surface area is 196 Å². The van der Waals surface area contributed by atoms with E-state index >= 15 is 0 Å². The van der Waals surface area contributed by atoms with Crippen molar-refractivity contribution >= 4 is 17.5 Å². The van der Waals surface area contributed by atoms with Crippen LogP contribution in [0.3, 0.4) is 0 Å². The summed E-state index contributed by atoms with van der Waals surface area (Å²) in [5, 5.41) is 22.3. The number of carbonyl (C=O) groups excluding carboxylic acids is 3. The molecule has 5 rings (SSSR count). The monoisotopic (exact) mass is 458 g/mol. The Bertz CT molecular complexity index is 995. The lowest BCUT2D eigenvalue weighted by Crippen LogP contribution is -2.61. The van der Waals surface area contributed by atoms with Crippen molar-refractivity contribution in [2.24, 2.45) is 33.5 Å². The number of cyclic esters (lactones) is 1. The van der Waals surface area contributed by atoms with Gasteiger partial charge < -0.3 is 14.9 Å². The molecule has 4 aliphatic carbocycles. The van der Waals surface area contributed by atoms with Gasteiger partial charge in [0, 0.05) is 30.8 Å². The highest BCUT2D eigenvalue weighted by Crippen LogP contribution is 2.71. The molecule has 2 saturated carbocycles. The van der Waals surface area contributed by atoms with Crippen LogP contribution in [0.1, 0.15) is 86.5 Å². The molecule has 0 aromatic rings. The number of Topliss-reactive ketones (excluding diaryl/α,β-unsaturated/α-hetero) is 2. The number of hydrogen-bond donors (Lipinski definition) is 2. The second kappa shape index (κ2) is 6.57. The van der Waals surface area contributed by atoms with Gasteiger partial charge in [0.1, 0.15) is 11.4 Å². The minimum absolute atomic E-state index is 0.0102. The third-order valence-corrected chi connectivity index (χ3v) is 11.2. The number of ketones is 2. The summed E-state index contributed by atoms with van der Waals surface area (Å²) in [6.07, 6.45) is 1.64. The first-order valence-electron chi connectivity index (χ1n) is 12.5. The Morgan fingerprint density at radius 3 is 2.21 bits per heavy atom. The number of esters is 1. The zero-order valence-electron chi connectivity index (χ0n) is 20.8. The van der Waals surface area contributed by atoms with Gasteiger partial charge in [-0.05, 0) is 67.3 Å². The molecular weight excluding hydrogens is 420 g/mol. The van der Waals surface area contributed by atoms with Gasteiger partial charge in [-0.15, -0.1) is 0 Å². The van der Waals surface area contributed by atoms with E-state index in [2.05, 4.69) is 6.92 Å². The number of carbonyl (C=O) groups is 3. The molecule has 0 spiro atoms. The summed E-state index contributed by atoms with van der Waals surface area (Å²) < 4.78 is 5.77. The van der Waals surface area contributed by atoms with Gasteiger partial charge in [0.2, 0.25) is 0 Å². The topological polar surface area (TPSA) is 101 Å². The lowest BCUT2D eigenvalue weighted by atomic mass is 9.42. The van der Waals surface area contributed by atoms with E-state index in [1.807, 2.05) is 34.6 Å². The van der Waals surface area contributed by atoms with Crippen molar-refractivity contribution < 1.29 is 29.3 Å². The van der Waals surface area contributed by atoms with E-state index in [-0.39, 0.29) is 42.2 Å². The summed E-state index contributed by atoms with van der Waals surface area (Å²) in [6.45, 7) is 12.0. The van der Waals surface area contributed by atoms with Crippen LogP contribution in [0.2, 0.25) is 0 Å². The molecule has 6 nitrogen and oxygen atoms in total. The van der Waals surface area contributed by atoms with Gasteiger partial charge in [-0.2, -0.15) is 0 Å². The summed E-state index contributed by atoms with van der Waals surface area (Å²) in [6, 6.07) is 0. The quantitative estimate of drug-likeness (QED) is 0.583. The number of ether oxygens (including phenoxy) is 1. The van der Waals surface area contributed by atoms with E-state index in [1.165, 1.54) is 0 Å². The lowest BCUT2D eigenvalue weighted by Gasteiger charge is -2.61. The molecule has 0 bridgehead atoms. The molecular formula is C27H38O6. The van der Waals surface area contributed by atoms with Gasteiger partial charge >= 0.3 is 5.97 Å². The van der Waals surface area contributed by atoms with Crippen LogP contribution in [0.5, 0.6) is 0 Å². The Balaban J connectivity index is 1.69. The van der Waals surface area contributed by atoms with Crippen molar-refractivity contribution in [1.82, 2.24) is 0 Å². The Morgan fingerprint density at radius 1 is 0.939 bits per heavy atom. The summed E-state index contributed by atoms with van der Waals surface area (Å²) >= 11 is 0. The first-order chi connectivity index (χ1) is 15.1. The molecule has 6 heteroatoms. The number of aliphatic hydroxyl groups is 2. The second-order valence-electron chi connectivity index (χ2n) is 13.0. The zero-order chi connectivity index (χ0) is 24.4. The maximum absolute atomic E-state index is 14.0. The van der Waals surface area contributed by atoms with Gasteiger partial charge in [0.05, 0.1) is 17.6 Å². The molecule has 182 valence electrons. The number of rotatable bonds is 1. The standard InChI is InChI=1S/C27H38O6/c1-23(2)16-11-14(28)22-21(24(16,3)9-7-18(23)30)15(29)13-25(4)17(12-19(31)27(22,25)6)26(5)10-8-20(32)33-26/h14,16-18,28,30H,7-13H2,1-6H3/t14-,16?,17-,18-,24-,25+,26+,27-/m0/s1. The highest BCUT2D eigenvalue weighted by molar-refractivity contribution is 6.05. The lowest BCUT2D eigenvalue weighted by molar-refractivity contribution is -0.159. The normalized spacial score (nSPS) is 51.2. The first-order valence-corrected chi connectivity index (χ1v) is 12.5. The van der Waals surface area contributed by atoms with Crippen LogP contribution in [0.4, 0.5) is 0 Å². The molecule has 2 N–H and O–H groups in total. The number of fused-ring (bicyclic) bond motifs is 4. The number of allylic oxidation sites excluding steroid dienone is 1. The molecule has 0 aromatic carbocycles. The van der Waals surface area contributed by atoms with E-state index in [0.717, 1.165) is 0 Å². The molecule has 3 fully saturated rings.